The molecule has 0 saturated carbocycles. The third-order valence-electron chi connectivity index (χ3n) is 4.32. The standard InChI is InChI=1S/C18H20N4/c1-2-7-14(8-3-1)13-17-21-15-9-6-12-20-18(15)22(17)16-10-4-5-11-19-16/h1-3,6-9,12,16,19H,4-5,10-11,13H2. The predicted molar refractivity (Wildman–Crippen MR) is 87.7 cm³/mol. The van der Waals surface area contributed by atoms with E-state index in [0.29, 0.717) is 6.17 Å². The van der Waals surface area contributed by atoms with Gasteiger partial charge in [0.05, 0.1) is 6.17 Å². The van der Waals surface area contributed by atoms with E-state index < -0.39 is 0 Å². The molecule has 4 nitrogen and oxygen atoms in total. The molecule has 3 aromatic rings. The highest BCUT2D eigenvalue weighted by atomic mass is 15.2. The number of piperidine rings is 1. The van der Waals surface area contributed by atoms with Crippen LogP contribution in [0.1, 0.15) is 36.8 Å². The van der Waals surface area contributed by atoms with Crippen molar-refractivity contribution in [1.82, 2.24) is 19.9 Å². The number of rotatable bonds is 3. The lowest BCUT2D eigenvalue weighted by molar-refractivity contribution is 0.320. The topological polar surface area (TPSA) is 42.7 Å². The largest absolute Gasteiger partial charge is 0.297 e. The zero-order valence-corrected chi connectivity index (χ0v) is 12.6. The highest BCUT2D eigenvalue weighted by Crippen LogP contribution is 2.25. The van der Waals surface area contributed by atoms with Crippen molar-refractivity contribution in [2.45, 2.75) is 31.8 Å². The van der Waals surface area contributed by atoms with E-state index in [0.717, 1.165) is 36.4 Å². The van der Waals surface area contributed by atoms with Crippen molar-refractivity contribution in [3.8, 4) is 0 Å². The van der Waals surface area contributed by atoms with E-state index >= 15 is 0 Å². The number of nitrogens with zero attached hydrogens (tertiary/aromatic N) is 3. The van der Waals surface area contributed by atoms with E-state index in [1.165, 1.54) is 18.4 Å². The number of benzene rings is 1. The van der Waals surface area contributed by atoms with Gasteiger partial charge in [-0.15, -0.1) is 0 Å². The van der Waals surface area contributed by atoms with Gasteiger partial charge in [0.15, 0.2) is 5.65 Å². The molecule has 0 spiro atoms. The van der Waals surface area contributed by atoms with Gasteiger partial charge in [-0.2, -0.15) is 0 Å². The average Bonchev–Trinajstić information content (AvgIpc) is 2.94. The van der Waals surface area contributed by atoms with Crippen LogP contribution in [0.25, 0.3) is 11.2 Å². The summed E-state index contributed by atoms with van der Waals surface area (Å²) in [5, 5.41) is 3.62. The molecule has 1 saturated heterocycles. The minimum absolute atomic E-state index is 0.312. The lowest BCUT2D eigenvalue weighted by atomic mass is 10.1. The molecule has 1 aliphatic rings. The molecule has 112 valence electrons. The Labute approximate surface area is 130 Å². The second-order valence-corrected chi connectivity index (χ2v) is 5.87. The van der Waals surface area contributed by atoms with Crippen LogP contribution in [0.5, 0.6) is 0 Å². The number of fused-ring (bicyclic) bond motifs is 1. The summed E-state index contributed by atoms with van der Waals surface area (Å²) < 4.78 is 2.31. The monoisotopic (exact) mass is 292 g/mol. The van der Waals surface area contributed by atoms with Crippen LogP contribution in [-0.2, 0) is 6.42 Å². The number of hydrogen-bond acceptors (Lipinski definition) is 3. The summed E-state index contributed by atoms with van der Waals surface area (Å²) in [5.74, 6) is 1.10. The lowest BCUT2D eigenvalue weighted by Gasteiger charge is -2.26. The highest BCUT2D eigenvalue weighted by Gasteiger charge is 2.21. The second kappa shape index (κ2) is 5.89. The van der Waals surface area contributed by atoms with Gasteiger partial charge in [-0.25, -0.2) is 9.97 Å². The van der Waals surface area contributed by atoms with E-state index in [2.05, 4.69) is 51.3 Å². The van der Waals surface area contributed by atoms with Gasteiger partial charge < -0.3 is 0 Å². The van der Waals surface area contributed by atoms with Crippen molar-refractivity contribution in [2.75, 3.05) is 6.54 Å². The molecule has 22 heavy (non-hydrogen) atoms. The van der Waals surface area contributed by atoms with E-state index in [9.17, 15) is 0 Å². The van der Waals surface area contributed by atoms with Gasteiger partial charge in [0.1, 0.15) is 11.3 Å². The SMILES string of the molecule is c1ccc(Cc2nc3cccnc3n2C2CCCCN2)cc1. The van der Waals surface area contributed by atoms with Gasteiger partial charge in [-0.05, 0) is 43.5 Å². The molecule has 1 aromatic carbocycles. The van der Waals surface area contributed by atoms with Gasteiger partial charge in [0.25, 0.3) is 0 Å². The van der Waals surface area contributed by atoms with E-state index in [1.54, 1.807) is 0 Å². The molecular weight excluding hydrogens is 272 g/mol. The molecule has 3 heterocycles. The molecular formula is C18H20N4. The van der Waals surface area contributed by atoms with Crippen molar-refractivity contribution in [1.29, 1.82) is 0 Å². The third-order valence-corrected chi connectivity index (χ3v) is 4.32. The molecule has 0 radical (unpaired) electrons. The Kier molecular flexibility index (Phi) is 3.60. The predicted octanol–water partition coefficient (Wildman–Crippen LogP) is 3.29. The van der Waals surface area contributed by atoms with E-state index in [4.69, 9.17) is 4.98 Å². The first kappa shape index (κ1) is 13.5. The maximum atomic E-state index is 4.84. The number of nitrogens with one attached hydrogen (secondary N) is 1. The van der Waals surface area contributed by atoms with Crippen LogP contribution >= 0.6 is 0 Å². The number of hydrogen-bond donors (Lipinski definition) is 1. The van der Waals surface area contributed by atoms with Crippen molar-refractivity contribution >= 4 is 11.2 Å². The van der Waals surface area contributed by atoms with Gasteiger partial charge in [0.2, 0.25) is 0 Å². The van der Waals surface area contributed by atoms with Gasteiger partial charge in [-0.3, -0.25) is 9.88 Å². The van der Waals surface area contributed by atoms with Crippen LogP contribution in [0.15, 0.2) is 48.7 Å². The molecule has 1 aliphatic heterocycles. The molecule has 2 aromatic heterocycles. The van der Waals surface area contributed by atoms with Crippen LogP contribution in [0.2, 0.25) is 0 Å². The van der Waals surface area contributed by atoms with E-state index in [-0.39, 0.29) is 0 Å². The minimum Gasteiger partial charge on any atom is -0.297 e. The number of pyridine rings is 1. The summed E-state index contributed by atoms with van der Waals surface area (Å²) in [6, 6.07) is 14.5. The Morgan fingerprint density at radius 1 is 1.09 bits per heavy atom. The van der Waals surface area contributed by atoms with Crippen molar-refractivity contribution < 1.29 is 0 Å². The molecule has 0 bridgehead atoms. The summed E-state index contributed by atoms with van der Waals surface area (Å²) in [7, 11) is 0. The van der Waals surface area contributed by atoms with Crippen molar-refractivity contribution in [2.24, 2.45) is 0 Å². The first-order valence-electron chi connectivity index (χ1n) is 8.01. The average molecular weight is 292 g/mol. The fourth-order valence-electron chi connectivity index (χ4n) is 3.26. The van der Waals surface area contributed by atoms with Crippen LogP contribution < -0.4 is 5.32 Å². The molecule has 1 fully saturated rings. The maximum Gasteiger partial charge on any atom is 0.161 e. The summed E-state index contributed by atoms with van der Waals surface area (Å²) in [6.45, 7) is 1.07. The zero-order valence-electron chi connectivity index (χ0n) is 12.6. The van der Waals surface area contributed by atoms with Crippen molar-refractivity contribution in [3.63, 3.8) is 0 Å². The zero-order chi connectivity index (χ0) is 14.8. The summed E-state index contributed by atoms with van der Waals surface area (Å²) in [4.78, 5) is 9.42. The highest BCUT2D eigenvalue weighted by molar-refractivity contribution is 5.71. The Morgan fingerprint density at radius 3 is 2.82 bits per heavy atom. The first-order valence-corrected chi connectivity index (χ1v) is 8.01. The Bertz CT molecular complexity index is 757. The maximum absolute atomic E-state index is 4.84. The quantitative estimate of drug-likeness (QED) is 0.805. The third kappa shape index (κ3) is 2.50. The lowest BCUT2D eigenvalue weighted by Crippen LogP contribution is -2.32. The smallest absolute Gasteiger partial charge is 0.161 e. The fraction of sp³-hybridized carbons (Fsp3) is 0.333. The van der Waals surface area contributed by atoms with Gasteiger partial charge in [0, 0.05) is 12.6 Å². The minimum atomic E-state index is 0.312. The molecule has 1 atom stereocenters. The number of imidazole rings is 1. The van der Waals surface area contributed by atoms with Crippen molar-refractivity contribution in [3.05, 3.63) is 60.0 Å². The second-order valence-electron chi connectivity index (χ2n) is 5.87. The summed E-state index contributed by atoms with van der Waals surface area (Å²) >= 11 is 0. The van der Waals surface area contributed by atoms with Crippen LogP contribution in [0, 0.1) is 0 Å². The summed E-state index contributed by atoms with van der Waals surface area (Å²) in [5.41, 5.74) is 3.27. The molecule has 1 N–H and O–H groups in total. The molecule has 0 aliphatic carbocycles. The molecule has 1 unspecified atom stereocenters. The van der Waals surface area contributed by atoms with E-state index in [1.807, 2.05) is 12.3 Å². The molecule has 0 amide bonds. The van der Waals surface area contributed by atoms with Gasteiger partial charge in [-0.1, -0.05) is 30.3 Å². The Morgan fingerprint density at radius 2 is 2.00 bits per heavy atom. The normalized spacial score (nSPS) is 18.6. The van der Waals surface area contributed by atoms with Crippen LogP contribution in [0.4, 0.5) is 0 Å². The van der Waals surface area contributed by atoms with Crippen LogP contribution in [-0.4, -0.2) is 21.1 Å². The van der Waals surface area contributed by atoms with Gasteiger partial charge >= 0.3 is 0 Å². The molecule has 4 rings (SSSR count). The summed E-state index contributed by atoms with van der Waals surface area (Å²) in [6.07, 6.45) is 6.67. The fourth-order valence-corrected chi connectivity index (χ4v) is 3.26. The Balaban J connectivity index is 1.79. The first-order chi connectivity index (χ1) is 10.9. The Hall–Kier alpha value is -2.20. The van der Waals surface area contributed by atoms with Crippen LogP contribution in [0.3, 0.4) is 0 Å². The molecule has 4 heteroatoms. The number of aromatic nitrogens is 3.